The summed E-state index contributed by atoms with van der Waals surface area (Å²) in [5.41, 5.74) is 9.29. The molecule has 0 aliphatic carbocycles. The highest BCUT2D eigenvalue weighted by atomic mass is 35.5. The highest BCUT2D eigenvalue weighted by Gasteiger charge is 2.24. The van der Waals surface area contributed by atoms with Crippen molar-refractivity contribution in [3.8, 4) is 11.3 Å². The third-order valence-electron chi connectivity index (χ3n) is 5.61. The fourth-order valence-electron chi connectivity index (χ4n) is 3.99. The molecule has 0 aliphatic rings. The number of aromatic nitrogens is 5. The molecule has 1 unspecified atom stereocenters. The molecular formula is C23H19ClFN7O. The van der Waals surface area contributed by atoms with Gasteiger partial charge in [-0.05, 0) is 32.0 Å². The maximum absolute atomic E-state index is 14.4. The van der Waals surface area contributed by atoms with Gasteiger partial charge in [-0.1, -0.05) is 23.7 Å². The fraction of sp³-hybridized carbons (Fsp3) is 0.130. The third-order valence-corrected chi connectivity index (χ3v) is 5.91. The van der Waals surface area contributed by atoms with Crippen LogP contribution in [0.2, 0.25) is 5.02 Å². The van der Waals surface area contributed by atoms with E-state index in [0.717, 1.165) is 0 Å². The second-order valence-corrected chi connectivity index (χ2v) is 8.07. The zero-order chi connectivity index (χ0) is 23.3. The number of imidazole rings is 1. The predicted octanol–water partition coefficient (Wildman–Crippen LogP) is 4.22. The molecule has 4 aromatic heterocycles. The van der Waals surface area contributed by atoms with Gasteiger partial charge in [0, 0.05) is 23.5 Å². The molecule has 1 amide bonds. The zero-order valence-electron chi connectivity index (χ0n) is 17.8. The number of rotatable bonds is 4. The molecule has 10 heteroatoms. The van der Waals surface area contributed by atoms with Gasteiger partial charge < -0.3 is 11.1 Å². The molecule has 0 bridgehead atoms. The molecule has 1 atom stereocenters. The van der Waals surface area contributed by atoms with E-state index in [1.54, 1.807) is 42.9 Å². The van der Waals surface area contributed by atoms with Crippen molar-refractivity contribution >= 4 is 34.4 Å². The lowest BCUT2D eigenvalue weighted by molar-refractivity contribution is 0.0941. The van der Waals surface area contributed by atoms with Crippen molar-refractivity contribution in [2.24, 2.45) is 0 Å². The van der Waals surface area contributed by atoms with Crippen LogP contribution in [-0.4, -0.2) is 29.9 Å². The summed E-state index contributed by atoms with van der Waals surface area (Å²) < 4.78 is 17.7. The number of hydrogen-bond acceptors (Lipinski definition) is 5. The van der Waals surface area contributed by atoms with Crippen LogP contribution in [-0.2, 0) is 0 Å². The Kier molecular flexibility index (Phi) is 4.98. The molecule has 166 valence electrons. The number of nitrogens with two attached hydrogens (primary N) is 1. The monoisotopic (exact) mass is 463 g/mol. The third kappa shape index (κ3) is 3.37. The number of hydrogen-bond donors (Lipinski definition) is 2. The number of anilines is 1. The van der Waals surface area contributed by atoms with Crippen molar-refractivity contribution in [2.45, 2.75) is 19.9 Å². The Morgan fingerprint density at radius 2 is 2.06 bits per heavy atom. The van der Waals surface area contributed by atoms with Gasteiger partial charge in [-0.2, -0.15) is 5.10 Å². The van der Waals surface area contributed by atoms with Crippen LogP contribution in [0.3, 0.4) is 0 Å². The minimum absolute atomic E-state index is 0.000766. The molecule has 0 radical (unpaired) electrons. The molecule has 5 rings (SSSR count). The van der Waals surface area contributed by atoms with E-state index >= 15 is 0 Å². The summed E-state index contributed by atoms with van der Waals surface area (Å²) in [6.07, 6.45) is 6.42. The van der Waals surface area contributed by atoms with E-state index in [1.165, 1.54) is 16.8 Å². The highest BCUT2D eigenvalue weighted by molar-refractivity contribution is 6.34. The van der Waals surface area contributed by atoms with Crippen molar-refractivity contribution in [1.82, 2.24) is 29.3 Å². The smallest absolute Gasteiger partial charge is 0.257 e. The number of halogens is 2. The van der Waals surface area contributed by atoms with Gasteiger partial charge in [-0.3, -0.25) is 9.20 Å². The van der Waals surface area contributed by atoms with Gasteiger partial charge in [0.15, 0.2) is 5.65 Å². The largest absolute Gasteiger partial charge is 0.396 e. The summed E-state index contributed by atoms with van der Waals surface area (Å²) in [6, 6.07) is 7.58. The van der Waals surface area contributed by atoms with Gasteiger partial charge >= 0.3 is 0 Å². The van der Waals surface area contributed by atoms with Crippen LogP contribution in [0, 0.1) is 12.7 Å². The van der Waals surface area contributed by atoms with Gasteiger partial charge in [-0.25, -0.2) is 18.9 Å². The number of nitrogens with zero attached hydrogens (tertiary/aromatic N) is 5. The molecule has 0 fully saturated rings. The zero-order valence-corrected chi connectivity index (χ0v) is 18.5. The maximum Gasteiger partial charge on any atom is 0.257 e. The van der Waals surface area contributed by atoms with Crippen LogP contribution in [0.1, 0.15) is 34.7 Å². The number of fused-ring (bicyclic) bond motifs is 2. The normalized spacial score (nSPS) is 12.4. The lowest BCUT2D eigenvalue weighted by Crippen LogP contribution is -2.27. The number of carbonyl (C=O) groups is 1. The standard InChI is InChI=1S/C23H19ClFN7O/c1-12(30-23(33)16-10-29-31-8-4-7-27-22(16)31)15-9-17(24)19-11-28-13(2)32(19)21(15)14-5-3-6-18(25)20(14)26/h3-12H,26H2,1-2H3,(H,30,33). The first-order chi connectivity index (χ1) is 15.9. The van der Waals surface area contributed by atoms with E-state index in [2.05, 4.69) is 20.4 Å². The second-order valence-electron chi connectivity index (χ2n) is 7.66. The Labute approximate surface area is 192 Å². The lowest BCUT2D eigenvalue weighted by Gasteiger charge is -2.22. The average Bonchev–Trinajstić information content (AvgIpc) is 3.40. The Morgan fingerprint density at radius 1 is 1.24 bits per heavy atom. The number of amides is 1. The molecule has 33 heavy (non-hydrogen) atoms. The fourth-order valence-corrected chi connectivity index (χ4v) is 4.24. The number of aryl methyl sites for hydroxylation is 1. The van der Waals surface area contributed by atoms with Gasteiger partial charge in [-0.15, -0.1) is 0 Å². The Balaban J connectivity index is 1.65. The number of nitrogens with one attached hydrogen (secondary N) is 1. The first-order valence-electron chi connectivity index (χ1n) is 10.2. The van der Waals surface area contributed by atoms with Gasteiger partial charge in [0.2, 0.25) is 0 Å². The summed E-state index contributed by atoms with van der Waals surface area (Å²) in [5.74, 6) is -0.237. The molecule has 0 spiro atoms. The van der Waals surface area contributed by atoms with Gasteiger partial charge in [0.1, 0.15) is 17.2 Å². The second kappa shape index (κ2) is 7.86. The van der Waals surface area contributed by atoms with Crippen LogP contribution in [0.5, 0.6) is 0 Å². The van der Waals surface area contributed by atoms with E-state index in [9.17, 15) is 9.18 Å². The number of pyridine rings is 1. The van der Waals surface area contributed by atoms with Crippen molar-refractivity contribution in [2.75, 3.05) is 5.73 Å². The van der Waals surface area contributed by atoms with Crippen LogP contribution < -0.4 is 11.1 Å². The Bertz CT molecular complexity index is 1540. The summed E-state index contributed by atoms with van der Waals surface area (Å²) in [6.45, 7) is 3.64. The van der Waals surface area contributed by atoms with Crippen LogP contribution in [0.25, 0.3) is 22.4 Å². The number of benzene rings is 1. The van der Waals surface area contributed by atoms with E-state index in [4.69, 9.17) is 17.3 Å². The summed E-state index contributed by atoms with van der Waals surface area (Å²) in [7, 11) is 0. The quantitative estimate of drug-likeness (QED) is 0.388. The lowest BCUT2D eigenvalue weighted by atomic mass is 9.98. The number of carbonyl (C=O) groups excluding carboxylic acids is 1. The number of para-hydroxylation sites is 1. The van der Waals surface area contributed by atoms with Crippen molar-refractivity contribution in [3.05, 3.63) is 82.9 Å². The Morgan fingerprint density at radius 3 is 2.88 bits per heavy atom. The van der Waals surface area contributed by atoms with Gasteiger partial charge in [0.25, 0.3) is 5.91 Å². The van der Waals surface area contributed by atoms with Crippen molar-refractivity contribution < 1.29 is 9.18 Å². The maximum atomic E-state index is 14.4. The molecule has 0 saturated heterocycles. The van der Waals surface area contributed by atoms with Gasteiger partial charge in [0.05, 0.1) is 40.4 Å². The minimum Gasteiger partial charge on any atom is -0.396 e. The van der Waals surface area contributed by atoms with Crippen LogP contribution in [0.15, 0.2) is 55.1 Å². The molecule has 1 aromatic carbocycles. The van der Waals surface area contributed by atoms with Crippen molar-refractivity contribution in [3.63, 3.8) is 0 Å². The summed E-state index contributed by atoms with van der Waals surface area (Å²) in [4.78, 5) is 21.7. The van der Waals surface area contributed by atoms with E-state index in [-0.39, 0.29) is 11.6 Å². The van der Waals surface area contributed by atoms with E-state index in [0.29, 0.717) is 44.4 Å². The van der Waals surface area contributed by atoms with Crippen LogP contribution >= 0.6 is 11.6 Å². The Hall–Kier alpha value is -3.98. The SMILES string of the molecule is Cc1ncc2c(Cl)cc(C(C)NC(=O)c3cnn4cccnc34)c(-c3cccc(F)c3N)n12. The molecule has 5 aromatic rings. The van der Waals surface area contributed by atoms with Crippen LogP contribution in [0.4, 0.5) is 10.1 Å². The molecule has 3 N–H and O–H groups in total. The molecule has 0 saturated carbocycles. The first-order valence-corrected chi connectivity index (χ1v) is 10.5. The van der Waals surface area contributed by atoms with E-state index in [1.807, 2.05) is 18.2 Å². The first kappa shape index (κ1) is 20.9. The van der Waals surface area contributed by atoms with E-state index < -0.39 is 11.9 Å². The molecule has 4 heterocycles. The summed E-state index contributed by atoms with van der Waals surface area (Å²) >= 11 is 6.56. The predicted molar refractivity (Wildman–Crippen MR) is 124 cm³/mol. The summed E-state index contributed by atoms with van der Waals surface area (Å²) in [5, 5.41) is 7.59. The highest BCUT2D eigenvalue weighted by Crippen LogP contribution is 2.37. The topological polar surface area (TPSA) is 103 Å². The molecular weight excluding hydrogens is 445 g/mol. The number of nitrogen functional groups attached to an aromatic ring is 1. The molecule has 0 aliphatic heterocycles. The average molecular weight is 464 g/mol. The molecule has 8 nitrogen and oxygen atoms in total. The van der Waals surface area contributed by atoms with Crippen molar-refractivity contribution in [1.29, 1.82) is 0 Å². The minimum atomic E-state index is -0.534.